The second-order valence-electron chi connectivity index (χ2n) is 6.70. The first kappa shape index (κ1) is 26.2. The fourth-order valence-electron chi connectivity index (χ4n) is 2.40. The normalized spacial score (nSPS) is 12.7. The van der Waals surface area contributed by atoms with Crippen molar-refractivity contribution in [1.82, 2.24) is 4.98 Å². The summed E-state index contributed by atoms with van der Waals surface area (Å²) in [7, 11) is 0. The van der Waals surface area contributed by atoms with E-state index >= 15 is 0 Å². The Bertz CT molecular complexity index is 971. The summed E-state index contributed by atoms with van der Waals surface area (Å²) in [5.74, 6) is -1.13. The number of aromatic nitrogens is 1. The van der Waals surface area contributed by atoms with Crippen molar-refractivity contribution in [2.24, 2.45) is 0 Å². The standard InChI is InChI=1S/C13H13F3N2S.C9H10F2O/c1-7(2)10-11(19-12(17)18-10)8-4-3-5-9(6-8)13(14,15)16;1-3-4-9(11)5-8(6-12)7(2)10/h3-7H,1-2H3,(H2,17,18);3-4,6H,1,5H2,2H3/b;8-7-,9-4+. The van der Waals surface area contributed by atoms with Crippen molar-refractivity contribution in [2.75, 3.05) is 5.73 Å². The fraction of sp³-hybridized carbons (Fsp3) is 0.273. The molecule has 0 unspecified atom stereocenters. The number of carbonyl (C=O) groups is 1. The van der Waals surface area contributed by atoms with Gasteiger partial charge in [0.1, 0.15) is 17.9 Å². The minimum Gasteiger partial charge on any atom is -0.375 e. The van der Waals surface area contributed by atoms with Crippen LogP contribution in [0.5, 0.6) is 0 Å². The molecular weight excluding hydrogens is 435 g/mol. The number of hydrogen-bond donors (Lipinski definition) is 1. The highest BCUT2D eigenvalue weighted by Crippen LogP contribution is 2.38. The number of alkyl halides is 3. The molecule has 2 rings (SSSR count). The molecule has 2 aromatic rings. The van der Waals surface area contributed by atoms with Crippen molar-refractivity contribution in [2.45, 2.75) is 39.3 Å². The smallest absolute Gasteiger partial charge is 0.375 e. The molecule has 0 amide bonds. The zero-order chi connectivity index (χ0) is 23.8. The molecule has 168 valence electrons. The maximum absolute atomic E-state index is 12.7. The summed E-state index contributed by atoms with van der Waals surface area (Å²) < 4.78 is 63.2. The van der Waals surface area contributed by atoms with Crippen molar-refractivity contribution in [3.8, 4) is 10.4 Å². The van der Waals surface area contributed by atoms with Crippen LogP contribution in [0.2, 0.25) is 0 Å². The zero-order valence-electron chi connectivity index (χ0n) is 17.3. The number of anilines is 1. The third-order valence-electron chi connectivity index (χ3n) is 3.91. The lowest BCUT2D eigenvalue weighted by Gasteiger charge is -2.09. The monoisotopic (exact) mass is 458 g/mol. The number of carbonyl (C=O) groups excluding carboxylic acids is 1. The van der Waals surface area contributed by atoms with Crippen LogP contribution in [-0.4, -0.2) is 11.3 Å². The lowest BCUT2D eigenvalue weighted by Crippen LogP contribution is -2.04. The Morgan fingerprint density at radius 1 is 1.29 bits per heavy atom. The number of aldehydes is 1. The molecule has 0 spiro atoms. The first-order valence-corrected chi connectivity index (χ1v) is 9.93. The van der Waals surface area contributed by atoms with Gasteiger partial charge in [-0.15, -0.1) is 0 Å². The summed E-state index contributed by atoms with van der Waals surface area (Å²) in [6, 6.07) is 5.24. The predicted octanol–water partition coefficient (Wildman–Crippen LogP) is 7.39. The van der Waals surface area contributed by atoms with Crippen LogP contribution in [0, 0.1) is 0 Å². The largest absolute Gasteiger partial charge is 0.416 e. The van der Waals surface area contributed by atoms with Gasteiger partial charge < -0.3 is 5.73 Å². The quantitative estimate of drug-likeness (QED) is 0.212. The SMILES string of the molecule is C=C/C=C(/F)C/C(C=O)=C(\C)F.CC(C)c1nc(N)sc1-c1cccc(C(F)(F)F)c1. The predicted molar refractivity (Wildman–Crippen MR) is 115 cm³/mol. The number of nitrogens with zero attached hydrogens (tertiary/aromatic N) is 1. The van der Waals surface area contributed by atoms with E-state index in [9.17, 15) is 26.7 Å². The number of benzene rings is 1. The third-order valence-corrected chi connectivity index (χ3v) is 4.86. The van der Waals surface area contributed by atoms with Crippen LogP contribution in [0.3, 0.4) is 0 Å². The van der Waals surface area contributed by atoms with Crippen molar-refractivity contribution in [1.29, 1.82) is 0 Å². The molecule has 2 N–H and O–H groups in total. The summed E-state index contributed by atoms with van der Waals surface area (Å²) in [4.78, 5) is 15.1. The molecule has 9 heteroatoms. The topological polar surface area (TPSA) is 56.0 Å². The molecule has 0 aliphatic heterocycles. The summed E-state index contributed by atoms with van der Waals surface area (Å²) in [6.45, 7) is 8.25. The number of hydrogen-bond acceptors (Lipinski definition) is 4. The molecule has 0 aliphatic carbocycles. The van der Waals surface area contributed by atoms with Gasteiger partial charge in [0.05, 0.1) is 16.1 Å². The molecular formula is C22H23F5N2OS. The molecule has 1 aromatic carbocycles. The molecule has 0 radical (unpaired) electrons. The first-order chi connectivity index (χ1) is 14.4. The number of thiazole rings is 1. The van der Waals surface area contributed by atoms with Gasteiger partial charge in [-0.05, 0) is 36.6 Å². The molecule has 1 heterocycles. The molecule has 0 fully saturated rings. The molecule has 0 aliphatic rings. The van der Waals surface area contributed by atoms with E-state index in [-0.39, 0.29) is 17.9 Å². The Kier molecular flexibility index (Phi) is 9.77. The van der Waals surface area contributed by atoms with Crippen LogP contribution in [-0.2, 0) is 11.0 Å². The molecule has 0 saturated heterocycles. The van der Waals surface area contributed by atoms with Crippen molar-refractivity contribution in [3.05, 3.63) is 71.5 Å². The number of allylic oxidation sites excluding steroid dienone is 5. The molecule has 3 nitrogen and oxygen atoms in total. The van der Waals surface area contributed by atoms with Gasteiger partial charge in [0.2, 0.25) is 0 Å². The van der Waals surface area contributed by atoms with Crippen LogP contribution < -0.4 is 5.73 Å². The van der Waals surface area contributed by atoms with Crippen LogP contribution in [0.15, 0.2) is 60.2 Å². The maximum Gasteiger partial charge on any atom is 0.416 e. The maximum atomic E-state index is 12.7. The van der Waals surface area contributed by atoms with E-state index in [1.807, 2.05) is 13.8 Å². The third kappa shape index (κ3) is 8.09. The summed E-state index contributed by atoms with van der Waals surface area (Å²) in [5.41, 5.74) is 6.07. The molecule has 0 bridgehead atoms. The highest BCUT2D eigenvalue weighted by atomic mass is 32.1. The minimum atomic E-state index is -4.34. The second kappa shape index (κ2) is 11.5. The number of rotatable bonds is 6. The van der Waals surface area contributed by atoms with E-state index in [2.05, 4.69) is 11.6 Å². The lowest BCUT2D eigenvalue weighted by molar-refractivity contribution is -0.137. The summed E-state index contributed by atoms with van der Waals surface area (Å²) in [5, 5.41) is 0.371. The number of nitrogens with two attached hydrogens (primary N) is 1. The Morgan fingerprint density at radius 3 is 2.42 bits per heavy atom. The van der Waals surface area contributed by atoms with Gasteiger partial charge in [-0.3, -0.25) is 4.79 Å². The minimum absolute atomic E-state index is 0.109. The Morgan fingerprint density at radius 2 is 1.94 bits per heavy atom. The van der Waals surface area contributed by atoms with E-state index in [0.717, 1.165) is 30.8 Å². The van der Waals surface area contributed by atoms with Gasteiger partial charge in [0.25, 0.3) is 0 Å². The van der Waals surface area contributed by atoms with Crippen molar-refractivity contribution >= 4 is 22.8 Å². The number of halogens is 5. The summed E-state index contributed by atoms with van der Waals surface area (Å²) in [6.07, 6.45) is -2.01. The van der Waals surface area contributed by atoms with E-state index in [1.54, 1.807) is 6.07 Å². The zero-order valence-corrected chi connectivity index (χ0v) is 18.1. The van der Waals surface area contributed by atoms with Gasteiger partial charge in [-0.1, -0.05) is 50.0 Å². The molecule has 1 aromatic heterocycles. The van der Waals surface area contributed by atoms with Crippen LogP contribution in [0.1, 0.15) is 44.4 Å². The molecule has 0 atom stereocenters. The highest BCUT2D eigenvalue weighted by molar-refractivity contribution is 7.18. The first-order valence-electron chi connectivity index (χ1n) is 9.12. The van der Waals surface area contributed by atoms with Crippen molar-refractivity contribution < 1.29 is 26.7 Å². The lowest BCUT2D eigenvalue weighted by atomic mass is 10.0. The van der Waals surface area contributed by atoms with E-state index in [1.165, 1.54) is 23.5 Å². The van der Waals surface area contributed by atoms with Gasteiger partial charge in [0, 0.05) is 12.0 Å². The van der Waals surface area contributed by atoms with Gasteiger partial charge in [-0.2, -0.15) is 13.2 Å². The molecule has 0 saturated carbocycles. The second-order valence-corrected chi connectivity index (χ2v) is 7.73. The Labute approximate surface area is 181 Å². The highest BCUT2D eigenvalue weighted by Gasteiger charge is 2.30. The molecule has 31 heavy (non-hydrogen) atoms. The average molecular weight is 458 g/mol. The van der Waals surface area contributed by atoms with E-state index < -0.39 is 23.4 Å². The van der Waals surface area contributed by atoms with Crippen LogP contribution in [0.4, 0.5) is 27.1 Å². The van der Waals surface area contributed by atoms with Crippen molar-refractivity contribution in [3.63, 3.8) is 0 Å². The average Bonchev–Trinajstić information content (AvgIpc) is 3.08. The number of nitrogen functional groups attached to an aromatic ring is 1. The van der Waals surface area contributed by atoms with Gasteiger partial charge >= 0.3 is 6.18 Å². The van der Waals surface area contributed by atoms with E-state index in [4.69, 9.17) is 5.73 Å². The van der Waals surface area contributed by atoms with Gasteiger partial charge in [-0.25, -0.2) is 13.8 Å². The van der Waals surface area contributed by atoms with Crippen LogP contribution in [0.25, 0.3) is 10.4 Å². The fourth-order valence-corrected chi connectivity index (χ4v) is 3.38. The summed E-state index contributed by atoms with van der Waals surface area (Å²) >= 11 is 1.21. The van der Waals surface area contributed by atoms with E-state index in [0.29, 0.717) is 21.9 Å². The Balaban J connectivity index is 0.000000348. The van der Waals surface area contributed by atoms with Crippen LogP contribution >= 0.6 is 11.3 Å². The van der Waals surface area contributed by atoms with Gasteiger partial charge in [0.15, 0.2) is 5.13 Å². The Hall–Kier alpha value is -2.81.